The molecule has 1 atom stereocenters. The molecule has 0 radical (unpaired) electrons. The summed E-state index contributed by atoms with van der Waals surface area (Å²) in [5.74, 6) is -1.88. The van der Waals surface area contributed by atoms with Gasteiger partial charge in [0.1, 0.15) is 11.9 Å². The maximum absolute atomic E-state index is 13.2. The minimum Gasteiger partial charge on any atom is -0.469 e. The van der Waals surface area contributed by atoms with Crippen molar-refractivity contribution in [1.29, 1.82) is 0 Å². The standard InChI is InChI=1S/C19H26FN3O6S/c1-21(18(25)14-4-6-15(20)7-5-14)16(8-9-17(24)29-2)19(26)22-10-12-23(13-11-22)30(3,27)28/h4-7,16H,8-13H2,1-3H3/t16-/m0/s1. The van der Waals surface area contributed by atoms with Crippen LogP contribution >= 0.6 is 0 Å². The molecule has 0 saturated carbocycles. The molecule has 9 nitrogen and oxygen atoms in total. The van der Waals surface area contributed by atoms with Gasteiger partial charge in [0, 0.05) is 45.2 Å². The molecule has 0 bridgehead atoms. The Balaban J connectivity index is 2.17. The Kier molecular flexibility index (Phi) is 7.90. The van der Waals surface area contributed by atoms with Crippen LogP contribution in [0.2, 0.25) is 0 Å². The van der Waals surface area contributed by atoms with Crippen LogP contribution in [-0.4, -0.2) is 92.9 Å². The number of esters is 1. The molecule has 2 amide bonds. The zero-order valence-corrected chi connectivity index (χ0v) is 18.0. The molecule has 0 unspecified atom stereocenters. The number of carbonyl (C=O) groups is 3. The second-order valence-corrected chi connectivity index (χ2v) is 9.02. The van der Waals surface area contributed by atoms with Crippen molar-refractivity contribution in [2.45, 2.75) is 18.9 Å². The van der Waals surface area contributed by atoms with E-state index in [1.165, 1.54) is 40.4 Å². The molecule has 166 valence electrons. The van der Waals surface area contributed by atoms with Crippen LogP contribution < -0.4 is 0 Å². The first-order chi connectivity index (χ1) is 14.0. The van der Waals surface area contributed by atoms with Crippen molar-refractivity contribution in [3.05, 3.63) is 35.6 Å². The van der Waals surface area contributed by atoms with Crippen LogP contribution in [0.4, 0.5) is 4.39 Å². The van der Waals surface area contributed by atoms with Crippen molar-refractivity contribution in [1.82, 2.24) is 14.1 Å². The fraction of sp³-hybridized carbons (Fsp3) is 0.526. The number of likely N-dealkylation sites (N-methyl/N-ethyl adjacent to an activating group) is 1. The van der Waals surface area contributed by atoms with Gasteiger partial charge in [-0.15, -0.1) is 0 Å². The van der Waals surface area contributed by atoms with Crippen molar-refractivity contribution in [2.75, 3.05) is 46.6 Å². The molecule has 1 aromatic rings. The summed E-state index contributed by atoms with van der Waals surface area (Å²) >= 11 is 0. The number of hydrogen-bond acceptors (Lipinski definition) is 6. The SMILES string of the molecule is COC(=O)CC[C@@H](C(=O)N1CCN(S(C)(=O)=O)CC1)N(C)C(=O)c1ccc(F)cc1. The highest BCUT2D eigenvalue weighted by atomic mass is 32.2. The first-order valence-corrected chi connectivity index (χ1v) is 11.2. The van der Waals surface area contributed by atoms with Crippen molar-refractivity contribution in [3.8, 4) is 0 Å². The van der Waals surface area contributed by atoms with Crippen molar-refractivity contribution in [2.24, 2.45) is 0 Å². The van der Waals surface area contributed by atoms with Gasteiger partial charge in [-0.1, -0.05) is 0 Å². The molecule has 1 saturated heterocycles. The number of piperazine rings is 1. The molecular weight excluding hydrogens is 417 g/mol. The number of sulfonamides is 1. The van der Waals surface area contributed by atoms with E-state index in [4.69, 9.17) is 0 Å². The number of rotatable bonds is 7. The number of ether oxygens (including phenoxy) is 1. The number of hydrogen-bond donors (Lipinski definition) is 0. The Labute approximate surface area is 175 Å². The number of methoxy groups -OCH3 is 1. The van der Waals surface area contributed by atoms with Gasteiger partial charge in [-0.25, -0.2) is 12.8 Å². The highest BCUT2D eigenvalue weighted by Crippen LogP contribution is 2.16. The smallest absolute Gasteiger partial charge is 0.305 e. The molecule has 1 fully saturated rings. The second kappa shape index (κ2) is 9.98. The average molecular weight is 443 g/mol. The predicted molar refractivity (Wildman–Crippen MR) is 107 cm³/mol. The number of amides is 2. The number of carbonyl (C=O) groups excluding carboxylic acids is 3. The van der Waals surface area contributed by atoms with Crippen molar-refractivity contribution >= 4 is 27.8 Å². The minimum absolute atomic E-state index is 0.0429. The summed E-state index contributed by atoms with van der Waals surface area (Å²) < 4.78 is 42.4. The molecule has 1 aliphatic rings. The van der Waals surface area contributed by atoms with E-state index in [-0.39, 0.29) is 50.5 Å². The van der Waals surface area contributed by atoms with E-state index >= 15 is 0 Å². The molecule has 30 heavy (non-hydrogen) atoms. The van der Waals surface area contributed by atoms with E-state index < -0.39 is 33.8 Å². The Morgan fingerprint density at radius 3 is 2.20 bits per heavy atom. The van der Waals surface area contributed by atoms with Gasteiger partial charge in [0.2, 0.25) is 15.9 Å². The van der Waals surface area contributed by atoms with E-state index in [1.807, 2.05) is 0 Å². The molecule has 0 spiro atoms. The van der Waals surface area contributed by atoms with Crippen molar-refractivity contribution < 1.29 is 31.9 Å². The quantitative estimate of drug-likeness (QED) is 0.563. The van der Waals surface area contributed by atoms with Gasteiger partial charge < -0.3 is 14.5 Å². The molecule has 1 aromatic carbocycles. The van der Waals surface area contributed by atoms with Crippen LogP contribution in [0.15, 0.2) is 24.3 Å². The summed E-state index contributed by atoms with van der Waals surface area (Å²) in [5.41, 5.74) is 0.205. The Hall–Kier alpha value is -2.53. The number of nitrogens with zero attached hydrogens (tertiary/aromatic N) is 3. The lowest BCUT2D eigenvalue weighted by atomic mass is 10.1. The minimum atomic E-state index is -3.35. The monoisotopic (exact) mass is 443 g/mol. The van der Waals surface area contributed by atoms with Crippen LogP contribution in [0.25, 0.3) is 0 Å². The molecule has 0 N–H and O–H groups in total. The third-order valence-electron chi connectivity index (χ3n) is 5.03. The molecule has 0 aromatic heterocycles. The summed E-state index contributed by atoms with van der Waals surface area (Å²) in [6.45, 7) is 0.673. The van der Waals surface area contributed by atoms with Gasteiger partial charge in [0.05, 0.1) is 13.4 Å². The summed E-state index contributed by atoms with van der Waals surface area (Å²) in [5, 5.41) is 0. The first-order valence-electron chi connectivity index (χ1n) is 9.38. The highest BCUT2D eigenvalue weighted by molar-refractivity contribution is 7.88. The zero-order valence-electron chi connectivity index (χ0n) is 17.2. The van der Waals surface area contributed by atoms with Crippen LogP contribution in [-0.2, 0) is 24.3 Å². The topological polar surface area (TPSA) is 104 Å². The molecule has 1 aliphatic heterocycles. The largest absolute Gasteiger partial charge is 0.469 e. The van der Waals surface area contributed by atoms with E-state index in [1.54, 1.807) is 0 Å². The number of halogens is 1. The second-order valence-electron chi connectivity index (χ2n) is 7.04. The molecule has 11 heteroatoms. The lowest BCUT2D eigenvalue weighted by Crippen LogP contribution is -2.56. The van der Waals surface area contributed by atoms with E-state index in [2.05, 4.69) is 4.74 Å². The fourth-order valence-corrected chi connectivity index (χ4v) is 4.05. The maximum Gasteiger partial charge on any atom is 0.305 e. The molecule has 0 aliphatic carbocycles. The molecular formula is C19H26FN3O6S. The average Bonchev–Trinajstić information content (AvgIpc) is 2.72. The third-order valence-corrected chi connectivity index (χ3v) is 6.34. The summed E-state index contributed by atoms with van der Waals surface area (Å²) in [6, 6.07) is 3.99. The number of benzene rings is 1. The van der Waals surface area contributed by atoms with Crippen LogP contribution in [0, 0.1) is 5.82 Å². The normalized spacial score (nSPS) is 16.1. The van der Waals surface area contributed by atoms with Crippen LogP contribution in [0.5, 0.6) is 0 Å². The van der Waals surface area contributed by atoms with Gasteiger partial charge >= 0.3 is 5.97 Å². The van der Waals surface area contributed by atoms with Crippen LogP contribution in [0.3, 0.4) is 0 Å². The summed E-state index contributed by atoms with van der Waals surface area (Å²) in [7, 11) is -0.675. The van der Waals surface area contributed by atoms with E-state index in [9.17, 15) is 27.2 Å². The van der Waals surface area contributed by atoms with E-state index in [0.29, 0.717) is 0 Å². The zero-order chi connectivity index (χ0) is 22.5. The Morgan fingerprint density at radius 2 is 1.70 bits per heavy atom. The predicted octanol–water partition coefficient (Wildman–Crippen LogP) is 0.323. The third kappa shape index (κ3) is 5.99. The van der Waals surface area contributed by atoms with Crippen molar-refractivity contribution in [3.63, 3.8) is 0 Å². The van der Waals surface area contributed by atoms with Gasteiger partial charge in [0.15, 0.2) is 0 Å². The lowest BCUT2D eigenvalue weighted by molar-refractivity contribution is -0.142. The summed E-state index contributed by atoms with van der Waals surface area (Å²) in [6.07, 6.45) is 1.08. The van der Waals surface area contributed by atoms with Gasteiger partial charge in [-0.3, -0.25) is 14.4 Å². The Morgan fingerprint density at radius 1 is 1.13 bits per heavy atom. The lowest BCUT2D eigenvalue weighted by Gasteiger charge is -2.37. The maximum atomic E-state index is 13.2. The molecule has 2 rings (SSSR count). The highest BCUT2D eigenvalue weighted by Gasteiger charge is 2.34. The molecule has 1 heterocycles. The van der Waals surface area contributed by atoms with Crippen LogP contribution in [0.1, 0.15) is 23.2 Å². The van der Waals surface area contributed by atoms with E-state index in [0.717, 1.165) is 18.4 Å². The fourth-order valence-electron chi connectivity index (χ4n) is 3.23. The summed E-state index contributed by atoms with van der Waals surface area (Å²) in [4.78, 5) is 40.3. The van der Waals surface area contributed by atoms with Gasteiger partial charge in [-0.2, -0.15) is 4.31 Å². The Bertz CT molecular complexity index is 882. The van der Waals surface area contributed by atoms with Gasteiger partial charge in [0.25, 0.3) is 5.91 Å². The van der Waals surface area contributed by atoms with Gasteiger partial charge in [-0.05, 0) is 30.7 Å². The first kappa shape index (κ1) is 23.7.